The standard InChI is InChI=1S/C19H20O4/c1-12-6-8-14(18(22)10-12)16(20)4-3-5-17(21)15-9-7-13(2)11-19(15)23/h6-11,22-23H,3-5H2,1-2H3. The van der Waals surface area contributed by atoms with Gasteiger partial charge in [0.05, 0.1) is 11.1 Å². The molecule has 120 valence electrons. The van der Waals surface area contributed by atoms with E-state index in [1.807, 2.05) is 13.8 Å². The molecule has 2 aromatic rings. The molecule has 0 fully saturated rings. The van der Waals surface area contributed by atoms with E-state index in [0.29, 0.717) is 6.42 Å². The van der Waals surface area contributed by atoms with Crippen LogP contribution >= 0.6 is 0 Å². The minimum atomic E-state index is -0.191. The molecule has 4 heteroatoms. The first-order valence-electron chi connectivity index (χ1n) is 7.54. The summed E-state index contributed by atoms with van der Waals surface area (Å²) in [5.41, 5.74) is 2.32. The topological polar surface area (TPSA) is 74.6 Å². The lowest BCUT2D eigenvalue weighted by Gasteiger charge is -2.06. The van der Waals surface area contributed by atoms with Crippen molar-refractivity contribution in [2.24, 2.45) is 0 Å². The quantitative estimate of drug-likeness (QED) is 0.792. The zero-order valence-electron chi connectivity index (χ0n) is 13.3. The molecular weight excluding hydrogens is 292 g/mol. The Bertz CT molecular complexity index is 684. The number of aryl methyl sites for hydroxylation is 2. The van der Waals surface area contributed by atoms with E-state index < -0.39 is 0 Å². The zero-order chi connectivity index (χ0) is 17.0. The summed E-state index contributed by atoms with van der Waals surface area (Å²) in [6, 6.07) is 9.82. The van der Waals surface area contributed by atoms with Gasteiger partial charge in [-0.3, -0.25) is 9.59 Å². The number of hydrogen-bond donors (Lipinski definition) is 2. The number of aromatic hydroxyl groups is 2. The third-order valence-corrected chi connectivity index (χ3v) is 3.71. The predicted octanol–water partition coefficient (Wildman–Crippen LogP) is 3.95. The van der Waals surface area contributed by atoms with Crippen LogP contribution in [0.2, 0.25) is 0 Å². The van der Waals surface area contributed by atoms with E-state index in [1.54, 1.807) is 36.4 Å². The van der Waals surface area contributed by atoms with Crippen molar-refractivity contribution < 1.29 is 19.8 Å². The molecule has 0 aromatic heterocycles. The number of carbonyl (C=O) groups excluding carboxylic acids is 2. The fourth-order valence-electron chi connectivity index (χ4n) is 2.43. The van der Waals surface area contributed by atoms with Gasteiger partial charge in [0.2, 0.25) is 0 Å². The Morgan fingerprint density at radius 1 is 0.783 bits per heavy atom. The largest absolute Gasteiger partial charge is 0.507 e. The van der Waals surface area contributed by atoms with Crippen LogP contribution in [0.1, 0.15) is 51.1 Å². The highest BCUT2D eigenvalue weighted by molar-refractivity contribution is 6.00. The second-order valence-corrected chi connectivity index (χ2v) is 5.74. The molecule has 0 radical (unpaired) electrons. The van der Waals surface area contributed by atoms with Crippen LogP contribution < -0.4 is 0 Å². The lowest BCUT2D eigenvalue weighted by atomic mass is 9.99. The highest BCUT2D eigenvalue weighted by atomic mass is 16.3. The van der Waals surface area contributed by atoms with Crippen LogP contribution in [0.4, 0.5) is 0 Å². The zero-order valence-corrected chi connectivity index (χ0v) is 13.3. The lowest BCUT2D eigenvalue weighted by molar-refractivity contribution is 0.0955. The summed E-state index contributed by atoms with van der Waals surface area (Å²) in [5.74, 6) is -0.443. The van der Waals surface area contributed by atoms with Gasteiger partial charge in [0.1, 0.15) is 11.5 Å². The van der Waals surface area contributed by atoms with Crippen molar-refractivity contribution in [3.8, 4) is 11.5 Å². The first-order chi connectivity index (χ1) is 10.9. The molecule has 0 aliphatic carbocycles. The van der Waals surface area contributed by atoms with Crippen molar-refractivity contribution in [3.05, 3.63) is 58.7 Å². The molecule has 0 bridgehead atoms. The average molecular weight is 312 g/mol. The number of benzene rings is 2. The Hall–Kier alpha value is -2.62. The molecule has 2 rings (SSSR count). The summed E-state index contributed by atoms with van der Waals surface area (Å²) < 4.78 is 0. The van der Waals surface area contributed by atoms with Crippen LogP contribution in [0, 0.1) is 13.8 Å². The number of hydrogen-bond acceptors (Lipinski definition) is 4. The number of ketones is 2. The Kier molecular flexibility index (Phi) is 5.16. The first kappa shape index (κ1) is 16.7. The Morgan fingerprint density at radius 2 is 1.17 bits per heavy atom. The Balaban J connectivity index is 1.94. The predicted molar refractivity (Wildman–Crippen MR) is 88.2 cm³/mol. The van der Waals surface area contributed by atoms with Gasteiger partial charge in [0.25, 0.3) is 0 Å². The summed E-state index contributed by atoms with van der Waals surface area (Å²) in [6.45, 7) is 3.67. The van der Waals surface area contributed by atoms with Crippen molar-refractivity contribution >= 4 is 11.6 Å². The van der Waals surface area contributed by atoms with Crippen molar-refractivity contribution in [2.45, 2.75) is 33.1 Å². The van der Waals surface area contributed by atoms with Gasteiger partial charge >= 0.3 is 0 Å². The smallest absolute Gasteiger partial charge is 0.166 e. The molecule has 0 atom stereocenters. The molecule has 0 unspecified atom stereocenters. The van der Waals surface area contributed by atoms with Crippen LogP contribution in [-0.2, 0) is 0 Å². The second-order valence-electron chi connectivity index (χ2n) is 5.74. The molecule has 0 saturated carbocycles. The molecule has 0 spiro atoms. The summed E-state index contributed by atoms with van der Waals surface area (Å²) in [7, 11) is 0. The normalized spacial score (nSPS) is 10.5. The maximum absolute atomic E-state index is 12.1. The van der Waals surface area contributed by atoms with Crippen molar-refractivity contribution in [3.63, 3.8) is 0 Å². The summed E-state index contributed by atoms with van der Waals surface area (Å²) >= 11 is 0. The average Bonchev–Trinajstić information content (AvgIpc) is 2.46. The van der Waals surface area contributed by atoms with Gasteiger partial charge in [-0.25, -0.2) is 0 Å². The van der Waals surface area contributed by atoms with E-state index >= 15 is 0 Å². The van der Waals surface area contributed by atoms with Crippen LogP contribution in [0.25, 0.3) is 0 Å². The molecule has 2 aromatic carbocycles. The van der Waals surface area contributed by atoms with E-state index in [1.165, 1.54) is 0 Å². The SMILES string of the molecule is Cc1ccc(C(=O)CCCC(=O)c2ccc(C)cc2O)c(O)c1. The number of phenols is 2. The van der Waals surface area contributed by atoms with E-state index in [-0.39, 0.29) is 47.0 Å². The molecule has 2 N–H and O–H groups in total. The monoisotopic (exact) mass is 312 g/mol. The Morgan fingerprint density at radius 3 is 1.52 bits per heavy atom. The van der Waals surface area contributed by atoms with Crippen LogP contribution in [0.5, 0.6) is 11.5 Å². The highest BCUT2D eigenvalue weighted by Crippen LogP contribution is 2.23. The lowest BCUT2D eigenvalue weighted by Crippen LogP contribution is -2.04. The van der Waals surface area contributed by atoms with Gasteiger partial charge in [0.15, 0.2) is 11.6 Å². The minimum Gasteiger partial charge on any atom is -0.507 e. The van der Waals surface area contributed by atoms with E-state index in [9.17, 15) is 19.8 Å². The van der Waals surface area contributed by atoms with Gasteiger partial charge in [-0.2, -0.15) is 0 Å². The third kappa shape index (κ3) is 4.19. The van der Waals surface area contributed by atoms with Crippen molar-refractivity contribution in [2.75, 3.05) is 0 Å². The molecule has 0 heterocycles. The fraction of sp³-hybridized carbons (Fsp3) is 0.263. The molecule has 4 nitrogen and oxygen atoms in total. The number of carbonyl (C=O) groups is 2. The summed E-state index contributed by atoms with van der Waals surface area (Å²) in [5, 5.41) is 19.6. The maximum atomic E-state index is 12.1. The van der Waals surface area contributed by atoms with Gasteiger partial charge in [-0.1, -0.05) is 12.1 Å². The molecule has 0 amide bonds. The number of rotatable bonds is 6. The molecule has 0 aliphatic heterocycles. The third-order valence-electron chi connectivity index (χ3n) is 3.71. The van der Waals surface area contributed by atoms with E-state index in [2.05, 4.69) is 0 Å². The van der Waals surface area contributed by atoms with E-state index in [0.717, 1.165) is 11.1 Å². The summed E-state index contributed by atoms with van der Waals surface area (Å²) in [4.78, 5) is 24.2. The van der Waals surface area contributed by atoms with Crippen LogP contribution in [0.3, 0.4) is 0 Å². The second kappa shape index (κ2) is 7.09. The van der Waals surface area contributed by atoms with E-state index in [4.69, 9.17) is 0 Å². The first-order valence-corrected chi connectivity index (χ1v) is 7.54. The van der Waals surface area contributed by atoms with Gasteiger partial charge in [-0.15, -0.1) is 0 Å². The maximum Gasteiger partial charge on any atom is 0.166 e. The Labute approximate surface area is 135 Å². The number of Topliss-reactive ketones (excluding diaryl/α,β-unsaturated/α-hetero) is 2. The molecule has 0 saturated heterocycles. The van der Waals surface area contributed by atoms with Gasteiger partial charge in [0, 0.05) is 12.8 Å². The minimum absolute atomic E-state index is 0.0301. The van der Waals surface area contributed by atoms with Crippen molar-refractivity contribution in [1.29, 1.82) is 0 Å². The molecular formula is C19H20O4. The van der Waals surface area contributed by atoms with Gasteiger partial charge in [-0.05, 0) is 55.7 Å². The van der Waals surface area contributed by atoms with Crippen LogP contribution in [-0.4, -0.2) is 21.8 Å². The summed E-state index contributed by atoms with van der Waals surface area (Å²) in [6.07, 6.45) is 0.724. The van der Waals surface area contributed by atoms with Crippen molar-refractivity contribution in [1.82, 2.24) is 0 Å². The molecule has 23 heavy (non-hydrogen) atoms. The fourth-order valence-corrected chi connectivity index (χ4v) is 2.43. The van der Waals surface area contributed by atoms with Gasteiger partial charge < -0.3 is 10.2 Å². The molecule has 0 aliphatic rings. The number of phenolic OH excluding ortho intramolecular Hbond substituents is 2. The van der Waals surface area contributed by atoms with Crippen LogP contribution in [0.15, 0.2) is 36.4 Å². The highest BCUT2D eigenvalue weighted by Gasteiger charge is 2.14.